The predicted molar refractivity (Wildman–Crippen MR) is 70.3 cm³/mol. The Morgan fingerprint density at radius 2 is 2.24 bits per heavy atom. The van der Waals surface area contributed by atoms with Gasteiger partial charge in [-0.2, -0.15) is 0 Å². The second-order valence-corrected chi connectivity index (χ2v) is 5.43. The van der Waals surface area contributed by atoms with Crippen molar-refractivity contribution in [3.8, 4) is 0 Å². The Kier molecular flexibility index (Phi) is 2.79. The lowest BCUT2D eigenvalue weighted by Gasteiger charge is -2.29. The monoisotopic (exact) mass is 293 g/mol. The Bertz CT molecular complexity index is 507. The topological polar surface area (TPSA) is 3.24 Å². The van der Waals surface area contributed by atoms with E-state index in [1.807, 2.05) is 6.07 Å². The molecule has 0 N–H and O–H groups in total. The minimum atomic E-state index is -0.125. The molecule has 0 aromatic heterocycles. The fourth-order valence-corrected chi connectivity index (χ4v) is 3.12. The molecule has 1 heterocycles. The number of nitrogens with zero attached hydrogens (tertiary/aromatic N) is 1. The molecule has 0 bridgehead atoms. The van der Waals surface area contributed by atoms with Crippen LogP contribution in [-0.2, 0) is 6.42 Å². The highest BCUT2D eigenvalue weighted by Crippen LogP contribution is 2.37. The molecular formula is C14H13BrFN. The number of allylic oxidation sites excluding steroid dienone is 2. The summed E-state index contributed by atoms with van der Waals surface area (Å²) in [5.74, 6) is -0.125. The first-order valence-corrected chi connectivity index (χ1v) is 6.61. The van der Waals surface area contributed by atoms with Gasteiger partial charge in [0.2, 0.25) is 0 Å². The highest BCUT2D eigenvalue weighted by molar-refractivity contribution is 9.11. The maximum absolute atomic E-state index is 13.1. The Hall–Kier alpha value is -1.09. The number of fused-ring (bicyclic) bond motifs is 1. The summed E-state index contributed by atoms with van der Waals surface area (Å²) in [5, 5.41) is 0. The molecule has 3 rings (SSSR count). The standard InChI is InChI=1S/C14H13BrFN/c15-11-2-1-7-17(9-11)14-6-3-10-8-12(16)4-5-13(10)14/h1-2,4-5,8-9,14H,3,6-7H2. The van der Waals surface area contributed by atoms with Crippen LogP contribution >= 0.6 is 15.9 Å². The van der Waals surface area contributed by atoms with Gasteiger partial charge in [0.1, 0.15) is 5.82 Å². The number of rotatable bonds is 1. The van der Waals surface area contributed by atoms with E-state index in [0.717, 1.165) is 29.4 Å². The predicted octanol–water partition coefficient (Wildman–Crippen LogP) is 3.92. The van der Waals surface area contributed by atoms with E-state index in [9.17, 15) is 4.39 Å². The molecular weight excluding hydrogens is 281 g/mol. The van der Waals surface area contributed by atoms with Crippen molar-refractivity contribution in [3.05, 3.63) is 58.0 Å². The zero-order valence-corrected chi connectivity index (χ0v) is 11.0. The molecule has 3 heteroatoms. The Morgan fingerprint density at radius 1 is 1.35 bits per heavy atom. The molecule has 0 radical (unpaired) electrons. The van der Waals surface area contributed by atoms with Gasteiger partial charge < -0.3 is 4.90 Å². The molecule has 1 aromatic carbocycles. The highest BCUT2D eigenvalue weighted by Gasteiger charge is 2.26. The van der Waals surface area contributed by atoms with Gasteiger partial charge in [0, 0.05) is 17.2 Å². The SMILES string of the molecule is Fc1ccc2c(c1)CCC2N1C=C(Br)C=CC1. The number of halogens is 2. The van der Waals surface area contributed by atoms with Gasteiger partial charge in [-0.05, 0) is 58.1 Å². The number of benzene rings is 1. The Balaban J connectivity index is 1.91. The van der Waals surface area contributed by atoms with Crippen LogP contribution in [0.5, 0.6) is 0 Å². The first kappa shape index (κ1) is 11.0. The second-order valence-electron chi connectivity index (χ2n) is 4.51. The molecule has 1 aliphatic carbocycles. The average molecular weight is 294 g/mol. The largest absolute Gasteiger partial charge is 0.366 e. The van der Waals surface area contributed by atoms with Gasteiger partial charge >= 0.3 is 0 Å². The summed E-state index contributed by atoms with van der Waals surface area (Å²) >= 11 is 3.50. The van der Waals surface area contributed by atoms with Crippen LogP contribution < -0.4 is 0 Å². The average Bonchev–Trinajstić information content (AvgIpc) is 2.71. The summed E-state index contributed by atoms with van der Waals surface area (Å²) in [7, 11) is 0. The smallest absolute Gasteiger partial charge is 0.123 e. The van der Waals surface area contributed by atoms with Crippen molar-refractivity contribution >= 4 is 15.9 Å². The minimum absolute atomic E-state index is 0.125. The molecule has 0 amide bonds. The zero-order chi connectivity index (χ0) is 11.8. The molecule has 1 nitrogen and oxygen atoms in total. The van der Waals surface area contributed by atoms with E-state index in [4.69, 9.17) is 0 Å². The Morgan fingerprint density at radius 3 is 3.06 bits per heavy atom. The van der Waals surface area contributed by atoms with Crippen molar-refractivity contribution in [2.45, 2.75) is 18.9 Å². The van der Waals surface area contributed by atoms with E-state index in [2.05, 4.69) is 39.2 Å². The van der Waals surface area contributed by atoms with Crippen LogP contribution in [0.25, 0.3) is 0 Å². The fourth-order valence-electron chi connectivity index (χ4n) is 2.67. The van der Waals surface area contributed by atoms with E-state index >= 15 is 0 Å². The molecule has 0 saturated heterocycles. The van der Waals surface area contributed by atoms with Crippen LogP contribution in [0.3, 0.4) is 0 Å². The maximum atomic E-state index is 13.1. The fraction of sp³-hybridized carbons (Fsp3) is 0.286. The molecule has 88 valence electrons. The first-order chi connectivity index (χ1) is 8.24. The van der Waals surface area contributed by atoms with Crippen LogP contribution in [0, 0.1) is 5.82 Å². The summed E-state index contributed by atoms with van der Waals surface area (Å²) in [5.41, 5.74) is 2.44. The second kappa shape index (κ2) is 4.30. The van der Waals surface area contributed by atoms with E-state index in [1.54, 1.807) is 12.1 Å². The van der Waals surface area contributed by atoms with E-state index < -0.39 is 0 Å². The zero-order valence-electron chi connectivity index (χ0n) is 9.37. The molecule has 0 fully saturated rings. The van der Waals surface area contributed by atoms with Crippen LogP contribution in [-0.4, -0.2) is 11.4 Å². The lowest BCUT2D eigenvalue weighted by atomic mass is 10.1. The molecule has 0 saturated carbocycles. The van der Waals surface area contributed by atoms with Crippen molar-refractivity contribution in [1.29, 1.82) is 0 Å². The van der Waals surface area contributed by atoms with Crippen molar-refractivity contribution in [2.24, 2.45) is 0 Å². The van der Waals surface area contributed by atoms with Gasteiger partial charge in [0.25, 0.3) is 0 Å². The van der Waals surface area contributed by atoms with Gasteiger partial charge in [0.15, 0.2) is 0 Å². The lowest BCUT2D eigenvalue weighted by Crippen LogP contribution is -2.23. The van der Waals surface area contributed by atoms with Crippen LogP contribution in [0.1, 0.15) is 23.6 Å². The van der Waals surface area contributed by atoms with Gasteiger partial charge in [-0.15, -0.1) is 0 Å². The van der Waals surface area contributed by atoms with Gasteiger partial charge in [-0.3, -0.25) is 0 Å². The molecule has 1 atom stereocenters. The van der Waals surface area contributed by atoms with Gasteiger partial charge in [-0.1, -0.05) is 12.1 Å². The van der Waals surface area contributed by atoms with E-state index in [0.29, 0.717) is 6.04 Å². The summed E-state index contributed by atoms with van der Waals surface area (Å²) in [6, 6.07) is 5.56. The third-order valence-electron chi connectivity index (χ3n) is 3.43. The van der Waals surface area contributed by atoms with Crippen molar-refractivity contribution in [2.75, 3.05) is 6.54 Å². The summed E-state index contributed by atoms with van der Waals surface area (Å²) in [4.78, 5) is 2.31. The normalized spacial score (nSPS) is 22.6. The minimum Gasteiger partial charge on any atom is -0.366 e. The summed E-state index contributed by atoms with van der Waals surface area (Å²) < 4.78 is 14.2. The lowest BCUT2D eigenvalue weighted by molar-refractivity contribution is 0.303. The maximum Gasteiger partial charge on any atom is 0.123 e. The third-order valence-corrected chi connectivity index (χ3v) is 3.90. The quantitative estimate of drug-likeness (QED) is 0.759. The van der Waals surface area contributed by atoms with Crippen molar-refractivity contribution in [3.63, 3.8) is 0 Å². The first-order valence-electron chi connectivity index (χ1n) is 5.82. The number of hydrogen-bond donors (Lipinski definition) is 0. The molecule has 0 spiro atoms. The van der Waals surface area contributed by atoms with Gasteiger partial charge in [0.05, 0.1) is 6.04 Å². The van der Waals surface area contributed by atoms with Crippen LogP contribution in [0.2, 0.25) is 0 Å². The van der Waals surface area contributed by atoms with E-state index in [1.165, 1.54) is 5.56 Å². The van der Waals surface area contributed by atoms with Crippen molar-refractivity contribution in [1.82, 2.24) is 4.90 Å². The molecule has 17 heavy (non-hydrogen) atoms. The molecule has 1 aromatic rings. The Labute approximate surface area is 109 Å². The van der Waals surface area contributed by atoms with Gasteiger partial charge in [-0.25, -0.2) is 4.39 Å². The molecule has 1 unspecified atom stereocenters. The molecule has 1 aliphatic heterocycles. The number of hydrogen-bond acceptors (Lipinski definition) is 1. The number of aryl methyl sites for hydroxylation is 1. The van der Waals surface area contributed by atoms with Crippen LogP contribution in [0.15, 0.2) is 41.0 Å². The highest BCUT2D eigenvalue weighted by atomic mass is 79.9. The summed E-state index contributed by atoms with van der Waals surface area (Å²) in [6.45, 7) is 0.927. The van der Waals surface area contributed by atoms with Crippen molar-refractivity contribution < 1.29 is 4.39 Å². The van der Waals surface area contributed by atoms with E-state index in [-0.39, 0.29) is 5.82 Å². The summed E-state index contributed by atoms with van der Waals surface area (Å²) in [6.07, 6.45) is 8.39. The molecule has 2 aliphatic rings. The third kappa shape index (κ3) is 2.04. The van der Waals surface area contributed by atoms with Crippen LogP contribution in [0.4, 0.5) is 4.39 Å².